The van der Waals surface area contributed by atoms with E-state index >= 15 is 0 Å². The number of aliphatic hydroxyl groups excluding tert-OH is 1. The molecule has 0 radical (unpaired) electrons. The van der Waals surface area contributed by atoms with E-state index in [9.17, 15) is 9.90 Å². The molecule has 0 saturated heterocycles. The lowest BCUT2D eigenvalue weighted by atomic mass is 10.1. The number of rotatable bonds is 1. The SMILES string of the molecule is Cc1ccc2c(c1)c(CO)cn2C(=O)OC(C)(C)C. The molecule has 0 aliphatic carbocycles. The van der Waals surface area contributed by atoms with Gasteiger partial charge in [0.25, 0.3) is 0 Å². The molecule has 0 atom stereocenters. The van der Waals surface area contributed by atoms with Crippen LogP contribution >= 0.6 is 0 Å². The van der Waals surface area contributed by atoms with Crippen molar-refractivity contribution >= 4 is 17.0 Å². The van der Waals surface area contributed by atoms with Crippen molar-refractivity contribution in [1.82, 2.24) is 4.57 Å². The minimum atomic E-state index is -0.544. The number of ether oxygens (including phenoxy) is 1. The second kappa shape index (κ2) is 4.70. The smallest absolute Gasteiger partial charge is 0.419 e. The van der Waals surface area contributed by atoms with Gasteiger partial charge in [0.05, 0.1) is 12.1 Å². The van der Waals surface area contributed by atoms with Crippen molar-refractivity contribution in [1.29, 1.82) is 0 Å². The Morgan fingerprint density at radius 2 is 2.05 bits per heavy atom. The van der Waals surface area contributed by atoms with Gasteiger partial charge in [0.15, 0.2) is 0 Å². The van der Waals surface area contributed by atoms with Gasteiger partial charge in [0, 0.05) is 17.1 Å². The van der Waals surface area contributed by atoms with Gasteiger partial charge in [-0.05, 0) is 39.8 Å². The summed E-state index contributed by atoms with van der Waals surface area (Å²) < 4.78 is 6.81. The minimum absolute atomic E-state index is 0.101. The highest BCUT2D eigenvalue weighted by Crippen LogP contribution is 2.24. The molecule has 1 aromatic heterocycles. The maximum Gasteiger partial charge on any atom is 0.419 e. The molecular weight excluding hydrogens is 242 g/mol. The molecule has 4 nitrogen and oxygen atoms in total. The van der Waals surface area contributed by atoms with E-state index < -0.39 is 11.7 Å². The Balaban J connectivity index is 2.52. The van der Waals surface area contributed by atoms with Gasteiger partial charge in [0.2, 0.25) is 0 Å². The summed E-state index contributed by atoms with van der Waals surface area (Å²) in [5, 5.41) is 10.3. The molecule has 0 aliphatic rings. The zero-order valence-electron chi connectivity index (χ0n) is 11.7. The first-order valence-electron chi connectivity index (χ1n) is 6.26. The Kier molecular flexibility index (Phi) is 3.37. The average molecular weight is 261 g/mol. The maximum atomic E-state index is 12.1. The Bertz CT molecular complexity index is 620. The van der Waals surface area contributed by atoms with Gasteiger partial charge in [-0.1, -0.05) is 11.6 Å². The second-order valence-electron chi connectivity index (χ2n) is 5.68. The number of hydrogen-bond donors (Lipinski definition) is 1. The fraction of sp³-hybridized carbons (Fsp3) is 0.400. The zero-order chi connectivity index (χ0) is 14.2. The summed E-state index contributed by atoms with van der Waals surface area (Å²) in [7, 11) is 0. The lowest BCUT2D eigenvalue weighted by molar-refractivity contribution is 0.0544. The summed E-state index contributed by atoms with van der Waals surface area (Å²) >= 11 is 0. The van der Waals surface area contributed by atoms with Crippen LogP contribution in [0.1, 0.15) is 31.9 Å². The summed E-state index contributed by atoms with van der Waals surface area (Å²) in [5.41, 5.74) is 2.02. The molecule has 2 rings (SSSR count). The normalized spacial score (nSPS) is 11.8. The van der Waals surface area contributed by atoms with Crippen molar-refractivity contribution in [2.24, 2.45) is 0 Å². The molecule has 0 fully saturated rings. The number of benzene rings is 1. The van der Waals surface area contributed by atoms with E-state index in [4.69, 9.17) is 4.74 Å². The number of aryl methyl sites for hydroxylation is 1. The maximum absolute atomic E-state index is 12.1. The molecule has 4 heteroatoms. The molecule has 0 bridgehead atoms. The van der Waals surface area contributed by atoms with E-state index in [2.05, 4.69) is 0 Å². The highest BCUT2D eigenvalue weighted by molar-refractivity contribution is 5.92. The first-order chi connectivity index (χ1) is 8.81. The molecule has 0 unspecified atom stereocenters. The van der Waals surface area contributed by atoms with Crippen molar-refractivity contribution in [3.8, 4) is 0 Å². The molecule has 0 saturated carbocycles. The van der Waals surface area contributed by atoms with Gasteiger partial charge in [-0.15, -0.1) is 0 Å². The number of carbonyl (C=O) groups excluding carboxylic acids is 1. The number of fused-ring (bicyclic) bond motifs is 1. The van der Waals surface area contributed by atoms with E-state index in [1.807, 2.05) is 45.9 Å². The van der Waals surface area contributed by atoms with Crippen LogP contribution in [0.25, 0.3) is 10.9 Å². The van der Waals surface area contributed by atoms with Crippen molar-refractivity contribution in [2.75, 3.05) is 0 Å². The molecular formula is C15H19NO3. The third-order valence-corrected chi connectivity index (χ3v) is 2.80. The molecule has 0 amide bonds. The first-order valence-corrected chi connectivity index (χ1v) is 6.26. The molecule has 0 spiro atoms. The molecule has 19 heavy (non-hydrogen) atoms. The van der Waals surface area contributed by atoms with Crippen LogP contribution in [-0.4, -0.2) is 21.4 Å². The fourth-order valence-corrected chi connectivity index (χ4v) is 2.00. The van der Waals surface area contributed by atoms with Crippen LogP contribution < -0.4 is 0 Å². The largest absolute Gasteiger partial charge is 0.443 e. The Hall–Kier alpha value is -1.81. The first kappa shape index (κ1) is 13.6. The van der Waals surface area contributed by atoms with Gasteiger partial charge in [0.1, 0.15) is 5.60 Å². The fourth-order valence-electron chi connectivity index (χ4n) is 2.00. The van der Waals surface area contributed by atoms with Gasteiger partial charge in [-0.25, -0.2) is 4.79 Å². The van der Waals surface area contributed by atoms with Crippen molar-refractivity contribution in [3.05, 3.63) is 35.5 Å². The number of hydrogen-bond acceptors (Lipinski definition) is 3. The third kappa shape index (κ3) is 2.79. The van der Waals surface area contributed by atoms with Gasteiger partial charge in [-0.3, -0.25) is 4.57 Å². The number of carbonyl (C=O) groups is 1. The van der Waals surface area contributed by atoms with E-state index in [0.717, 1.165) is 22.0 Å². The minimum Gasteiger partial charge on any atom is -0.443 e. The van der Waals surface area contributed by atoms with Crippen LogP contribution in [-0.2, 0) is 11.3 Å². The lowest BCUT2D eigenvalue weighted by Crippen LogP contribution is -2.26. The molecule has 1 aromatic carbocycles. The second-order valence-corrected chi connectivity index (χ2v) is 5.68. The van der Waals surface area contributed by atoms with Crippen molar-refractivity contribution in [3.63, 3.8) is 0 Å². The summed E-state index contributed by atoms with van der Waals surface area (Å²) in [6.07, 6.45) is 1.21. The number of nitrogens with zero attached hydrogens (tertiary/aromatic N) is 1. The van der Waals surface area contributed by atoms with Gasteiger partial charge >= 0.3 is 6.09 Å². The predicted octanol–water partition coefficient (Wildman–Crippen LogP) is 3.23. The van der Waals surface area contributed by atoms with E-state index in [0.29, 0.717) is 0 Å². The zero-order valence-corrected chi connectivity index (χ0v) is 11.7. The molecule has 0 aliphatic heterocycles. The molecule has 1 N–H and O–H groups in total. The Labute approximate surface area is 112 Å². The van der Waals surface area contributed by atoms with Crippen LogP contribution in [0.4, 0.5) is 4.79 Å². The summed E-state index contributed by atoms with van der Waals surface area (Å²) in [6.45, 7) is 7.36. The Morgan fingerprint density at radius 1 is 1.37 bits per heavy atom. The standard InChI is InChI=1S/C15H19NO3/c1-10-5-6-13-12(7-10)11(9-17)8-16(13)14(18)19-15(2,3)4/h5-8,17H,9H2,1-4H3. The monoisotopic (exact) mass is 261 g/mol. The average Bonchev–Trinajstić information content (AvgIpc) is 2.64. The number of aromatic nitrogens is 1. The molecule has 102 valence electrons. The third-order valence-electron chi connectivity index (χ3n) is 2.80. The lowest BCUT2D eigenvalue weighted by Gasteiger charge is -2.19. The van der Waals surface area contributed by atoms with Crippen LogP contribution in [0.5, 0.6) is 0 Å². The quantitative estimate of drug-likeness (QED) is 0.857. The van der Waals surface area contributed by atoms with Crippen LogP contribution in [0.15, 0.2) is 24.4 Å². The Morgan fingerprint density at radius 3 is 2.63 bits per heavy atom. The molecule has 1 heterocycles. The van der Waals surface area contributed by atoms with E-state index in [1.54, 1.807) is 6.20 Å². The van der Waals surface area contributed by atoms with Gasteiger partial charge < -0.3 is 9.84 Å². The summed E-state index contributed by atoms with van der Waals surface area (Å²) in [6, 6.07) is 5.76. The van der Waals surface area contributed by atoms with Crippen LogP contribution in [0.2, 0.25) is 0 Å². The summed E-state index contributed by atoms with van der Waals surface area (Å²) in [4.78, 5) is 12.1. The highest BCUT2D eigenvalue weighted by atomic mass is 16.6. The van der Waals surface area contributed by atoms with E-state index in [1.165, 1.54) is 4.57 Å². The predicted molar refractivity (Wildman–Crippen MR) is 74.2 cm³/mol. The van der Waals surface area contributed by atoms with Crippen LogP contribution in [0, 0.1) is 6.92 Å². The molecule has 2 aromatic rings. The van der Waals surface area contributed by atoms with Gasteiger partial charge in [-0.2, -0.15) is 0 Å². The van der Waals surface area contributed by atoms with Crippen molar-refractivity contribution < 1.29 is 14.6 Å². The van der Waals surface area contributed by atoms with Crippen LogP contribution in [0.3, 0.4) is 0 Å². The van der Waals surface area contributed by atoms with Crippen molar-refractivity contribution in [2.45, 2.75) is 39.9 Å². The summed E-state index contributed by atoms with van der Waals surface area (Å²) in [5.74, 6) is 0. The number of aliphatic hydroxyl groups is 1. The van der Waals surface area contributed by atoms with E-state index in [-0.39, 0.29) is 6.61 Å². The highest BCUT2D eigenvalue weighted by Gasteiger charge is 2.20. The topological polar surface area (TPSA) is 51.5 Å².